The Morgan fingerprint density at radius 1 is 1.43 bits per heavy atom. The number of hydrogen-bond acceptors (Lipinski definition) is 3. The summed E-state index contributed by atoms with van der Waals surface area (Å²) in [5.74, 6) is 0.736. The Hall–Kier alpha value is -1.48. The van der Waals surface area contributed by atoms with E-state index in [1.165, 1.54) is 6.07 Å². The van der Waals surface area contributed by atoms with Gasteiger partial charge in [0.1, 0.15) is 5.75 Å². The minimum atomic E-state index is 0.0626. The van der Waals surface area contributed by atoms with E-state index in [0.29, 0.717) is 10.8 Å². The maximum absolute atomic E-state index is 9.23. The molecule has 4 heteroatoms. The van der Waals surface area contributed by atoms with Crippen LogP contribution < -0.4 is 0 Å². The number of hydrogen-bond donors (Lipinski definition) is 1. The molecule has 1 aromatic heterocycles. The van der Waals surface area contributed by atoms with Gasteiger partial charge in [-0.2, -0.15) is 0 Å². The number of aromatic nitrogens is 1. The van der Waals surface area contributed by atoms with Gasteiger partial charge in [0.2, 0.25) is 0 Å². The normalized spacial score (nSPS) is 10.4. The fraction of sp³-hybridized carbons (Fsp3) is 0.100. The Morgan fingerprint density at radius 2 is 2.21 bits per heavy atom. The maximum Gasteiger partial charge on any atom is 0.169 e. The van der Waals surface area contributed by atoms with E-state index >= 15 is 0 Å². The van der Waals surface area contributed by atoms with Crippen molar-refractivity contribution in [2.24, 2.45) is 0 Å². The van der Waals surface area contributed by atoms with Gasteiger partial charge in [0.05, 0.1) is 11.2 Å². The molecule has 0 aliphatic rings. The Kier molecular flexibility index (Phi) is 2.17. The molecule has 0 aliphatic carbocycles. The molecule has 0 amide bonds. The summed E-state index contributed by atoms with van der Waals surface area (Å²) >= 11 is 5.77. The molecule has 0 saturated heterocycles. The van der Waals surface area contributed by atoms with E-state index in [9.17, 15) is 5.11 Å². The smallest absolute Gasteiger partial charge is 0.169 e. The predicted molar refractivity (Wildman–Crippen MR) is 53.4 cm³/mol. The summed E-state index contributed by atoms with van der Waals surface area (Å²) in [6.07, 6.45) is 1.64. The zero-order valence-corrected chi connectivity index (χ0v) is 8.25. The van der Waals surface area contributed by atoms with Crippen molar-refractivity contribution in [3.8, 4) is 17.1 Å². The monoisotopic (exact) mass is 209 g/mol. The lowest BCUT2D eigenvalue weighted by atomic mass is 10.1. The SMILES string of the molecule is Cc1cnoc1-c1ccc(O)c(Cl)c1. The third-order valence-electron chi connectivity index (χ3n) is 1.96. The largest absolute Gasteiger partial charge is 0.506 e. The minimum absolute atomic E-state index is 0.0626. The average molecular weight is 210 g/mol. The number of halogens is 1. The van der Waals surface area contributed by atoms with Crippen LogP contribution in [-0.4, -0.2) is 10.3 Å². The van der Waals surface area contributed by atoms with Crippen molar-refractivity contribution in [3.05, 3.63) is 35.0 Å². The van der Waals surface area contributed by atoms with Gasteiger partial charge in [-0.25, -0.2) is 0 Å². The molecule has 2 rings (SSSR count). The molecule has 0 bridgehead atoms. The van der Waals surface area contributed by atoms with Gasteiger partial charge in [-0.3, -0.25) is 0 Å². The summed E-state index contributed by atoms with van der Waals surface area (Å²) in [5, 5.41) is 13.2. The summed E-state index contributed by atoms with van der Waals surface area (Å²) in [5.41, 5.74) is 1.74. The van der Waals surface area contributed by atoms with Crippen LogP contribution in [0.2, 0.25) is 5.02 Å². The average Bonchev–Trinajstić information content (AvgIpc) is 2.57. The van der Waals surface area contributed by atoms with Gasteiger partial charge in [-0.1, -0.05) is 16.8 Å². The lowest BCUT2D eigenvalue weighted by Gasteiger charge is -2.00. The number of aryl methyl sites for hydroxylation is 1. The van der Waals surface area contributed by atoms with E-state index in [2.05, 4.69) is 5.16 Å². The lowest BCUT2D eigenvalue weighted by Crippen LogP contribution is -1.77. The Labute approximate surface area is 85.9 Å². The number of benzene rings is 1. The third-order valence-corrected chi connectivity index (χ3v) is 2.26. The third kappa shape index (κ3) is 1.46. The summed E-state index contributed by atoms with van der Waals surface area (Å²) in [6.45, 7) is 1.90. The highest BCUT2D eigenvalue weighted by molar-refractivity contribution is 6.32. The van der Waals surface area contributed by atoms with E-state index in [1.54, 1.807) is 18.3 Å². The summed E-state index contributed by atoms with van der Waals surface area (Å²) in [6, 6.07) is 4.90. The zero-order valence-electron chi connectivity index (χ0n) is 7.49. The molecular weight excluding hydrogens is 202 g/mol. The van der Waals surface area contributed by atoms with Crippen LogP contribution in [0.5, 0.6) is 5.75 Å². The van der Waals surface area contributed by atoms with Crippen molar-refractivity contribution in [1.29, 1.82) is 0 Å². The van der Waals surface area contributed by atoms with Gasteiger partial charge in [0.15, 0.2) is 5.76 Å². The van der Waals surface area contributed by atoms with Gasteiger partial charge in [-0.05, 0) is 25.1 Å². The van der Waals surface area contributed by atoms with E-state index in [0.717, 1.165) is 11.1 Å². The molecule has 0 atom stereocenters. The Balaban J connectivity index is 2.53. The molecule has 3 nitrogen and oxygen atoms in total. The van der Waals surface area contributed by atoms with Crippen LogP contribution in [0.4, 0.5) is 0 Å². The molecule has 1 aromatic carbocycles. The fourth-order valence-corrected chi connectivity index (χ4v) is 1.40. The second-order valence-electron chi connectivity index (χ2n) is 3.00. The molecule has 72 valence electrons. The summed E-state index contributed by atoms with van der Waals surface area (Å²) in [7, 11) is 0. The predicted octanol–water partition coefficient (Wildman–Crippen LogP) is 3.01. The number of aromatic hydroxyl groups is 1. The summed E-state index contributed by atoms with van der Waals surface area (Å²) in [4.78, 5) is 0. The van der Waals surface area contributed by atoms with Crippen molar-refractivity contribution in [2.75, 3.05) is 0 Å². The highest BCUT2D eigenvalue weighted by atomic mass is 35.5. The quantitative estimate of drug-likeness (QED) is 0.785. The highest BCUT2D eigenvalue weighted by Gasteiger charge is 2.08. The first-order chi connectivity index (χ1) is 6.68. The molecular formula is C10H8ClNO2. The lowest BCUT2D eigenvalue weighted by molar-refractivity contribution is 0.431. The fourth-order valence-electron chi connectivity index (χ4n) is 1.22. The van der Waals surface area contributed by atoms with Gasteiger partial charge < -0.3 is 9.63 Å². The molecule has 0 fully saturated rings. The Bertz CT molecular complexity index is 465. The first-order valence-corrected chi connectivity index (χ1v) is 4.46. The zero-order chi connectivity index (χ0) is 10.1. The number of rotatable bonds is 1. The number of phenols is 1. The van der Waals surface area contributed by atoms with Gasteiger partial charge in [0, 0.05) is 11.1 Å². The van der Waals surface area contributed by atoms with Crippen LogP contribution in [0.3, 0.4) is 0 Å². The molecule has 14 heavy (non-hydrogen) atoms. The maximum atomic E-state index is 9.23. The van der Waals surface area contributed by atoms with Gasteiger partial charge in [0.25, 0.3) is 0 Å². The molecule has 0 radical (unpaired) electrons. The molecule has 0 spiro atoms. The molecule has 1 N–H and O–H groups in total. The summed E-state index contributed by atoms with van der Waals surface area (Å²) < 4.78 is 5.05. The first-order valence-electron chi connectivity index (χ1n) is 4.08. The van der Waals surface area contributed by atoms with Crippen LogP contribution in [0, 0.1) is 6.92 Å². The Morgan fingerprint density at radius 3 is 2.79 bits per heavy atom. The molecule has 0 saturated carbocycles. The second-order valence-corrected chi connectivity index (χ2v) is 3.41. The van der Waals surface area contributed by atoms with E-state index in [-0.39, 0.29) is 5.75 Å². The van der Waals surface area contributed by atoms with Crippen molar-refractivity contribution >= 4 is 11.6 Å². The van der Waals surface area contributed by atoms with Crippen molar-refractivity contribution in [2.45, 2.75) is 6.92 Å². The van der Waals surface area contributed by atoms with Gasteiger partial charge >= 0.3 is 0 Å². The minimum Gasteiger partial charge on any atom is -0.506 e. The van der Waals surface area contributed by atoms with E-state index < -0.39 is 0 Å². The molecule has 0 aliphatic heterocycles. The standard InChI is InChI=1S/C10H8ClNO2/c1-6-5-12-14-10(6)7-2-3-9(13)8(11)4-7/h2-5,13H,1H3. The van der Waals surface area contributed by atoms with Crippen molar-refractivity contribution < 1.29 is 9.63 Å². The molecule has 2 aromatic rings. The molecule has 0 unspecified atom stereocenters. The van der Waals surface area contributed by atoms with Crippen LogP contribution in [-0.2, 0) is 0 Å². The molecule has 1 heterocycles. The van der Waals surface area contributed by atoms with Crippen LogP contribution in [0.15, 0.2) is 28.9 Å². The highest BCUT2D eigenvalue weighted by Crippen LogP contribution is 2.30. The van der Waals surface area contributed by atoms with E-state index in [4.69, 9.17) is 16.1 Å². The van der Waals surface area contributed by atoms with Crippen LogP contribution >= 0.6 is 11.6 Å². The number of nitrogens with zero attached hydrogens (tertiary/aromatic N) is 1. The van der Waals surface area contributed by atoms with Gasteiger partial charge in [-0.15, -0.1) is 0 Å². The van der Waals surface area contributed by atoms with E-state index in [1.807, 2.05) is 6.92 Å². The van der Waals surface area contributed by atoms with Crippen LogP contribution in [0.1, 0.15) is 5.56 Å². The topological polar surface area (TPSA) is 46.3 Å². The van der Waals surface area contributed by atoms with Crippen molar-refractivity contribution in [1.82, 2.24) is 5.16 Å². The van der Waals surface area contributed by atoms with Crippen LogP contribution in [0.25, 0.3) is 11.3 Å². The van der Waals surface area contributed by atoms with Crippen molar-refractivity contribution in [3.63, 3.8) is 0 Å². The second kappa shape index (κ2) is 3.35. The first kappa shape index (κ1) is 9.09. The number of phenolic OH excluding ortho intramolecular Hbond substituents is 1.